The van der Waals surface area contributed by atoms with Crippen LogP contribution in [-0.4, -0.2) is 32.5 Å². The Morgan fingerprint density at radius 1 is 1.44 bits per heavy atom. The first-order valence-corrected chi connectivity index (χ1v) is 8.16. The number of benzene rings is 1. The maximum absolute atomic E-state index is 11.6. The molecule has 0 radical (unpaired) electrons. The molecule has 2 N–H and O–H groups in total. The van der Waals surface area contributed by atoms with E-state index in [1.54, 1.807) is 0 Å². The Morgan fingerprint density at radius 3 is 2.78 bits per heavy atom. The van der Waals surface area contributed by atoms with E-state index >= 15 is 0 Å². The molecule has 1 fully saturated rings. The highest BCUT2D eigenvalue weighted by molar-refractivity contribution is 7.91. The van der Waals surface area contributed by atoms with Gasteiger partial charge in [-0.05, 0) is 31.0 Å². The van der Waals surface area contributed by atoms with Crippen LogP contribution in [0.1, 0.15) is 19.8 Å². The van der Waals surface area contributed by atoms with E-state index < -0.39 is 9.84 Å². The summed E-state index contributed by atoms with van der Waals surface area (Å²) in [4.78, 5) is 2.18. The molecule has 1 aliphatic rings. The third kappa shape index (κ3) is 2.96. The average molecular weight is 268 g/mol. The van der Waals surface area contributed by atoms with E-state index in [1.165, 1.54) is 0 Å². The number of nitrogen functional groups attached to an aromatic ring is 1. The SMILES string of the molecule is CCCN(c1cccc(N)c1)C1CCS(=O)(=O)C1. The first-order valence-electron chi connectivity index (χ1n) is 6.34. The molecule has 2 rings (SSSR count). The van der Waals surface area contributed by atoms with Gasteiger partial charge in [0, 0.05) is 24.0 Å². The standard InChI is InChI=1S/C13H20N2O2S/c1-2-7-15(12-5-3-4-11(14)9-12)13-6-8-18(16,17)10-13/h3-5,9,13H,2,6-8,10,14H2,1H3. The Bertz CT molecular complexity index is 513. The van der Waals surface area contributed by atoms with Crippen molar-refractivity contribution in [3.05, 3.63) is 24.3 Å². The Kier molecular flexibility index (Phi) is 3.80. The zero-order valence-electron chi connectivity index (χ0n) is 10.7. The van der Waals surface area contributed by atoms with Crippen LogP contribution in [0, 0.1) is 0 Å². The van der Waals surface area contributed by atoms with E-state index in [0.717, 1.165) is 30.8 Å². The predicted molar refractivity (Wildman–Crippen MR) is 75.6 cm³/mol. The number of hydrogen-bond acceptors (Lipinski definition) is 4. The Morgan fingerprint density at radius 2 is 2.22 bits per heavy atom. The summed E-state index contributed by atoms with van der Waals surface area (Å²) < 4.78 is 23.2. The van der Waals surface area contributed by atoms with E-state index in [0.29, 0.717) is 5.75 Å². The van der Waals surface area contributed by atoms with E-state index in [9.17, 15) is 8.42 Å². The highest BCUT2D eigenvalue weighted by atomic mass is 32.2. The molecule has 4 nitrogen and oxygen atoms in total. The minimum Gasteiger partial charge on any atom is -0.399 e. The molecule has 1 saturated heterocycles. The molecule has 0 amide bonds. The largest absolute Gasteiger partial charge is 0.399 e. The van der Waals surface area contributed by atoms with Crippen molar-refractivity contribution in [3.8, 4) is 0 Å². The third-order valence-corrected chi connectivity index (χ3v) is 5.07. The highest BCUT2D eigenvalue weighted by Crippen LogP contribution is 2.25. The van der Waals surface area contributed by atoms with Gasteiger partial charge in [0.05, 0.1) is 11.5 Å². The third-order valence-electron chi connectivity index (χ3n) is 3.32. The lowest BCUT2D eigenvalue weighted by Gasteiger charge is -2.30. The van der Waals surface area contributed by atoms with Gasteiger partial charge < -0.3 is 10.6 Å². The lowest BCUT2D eigenvalue weighted by Crippen LogP contribution is -2.36. The second-order valence-corrected chi connectivity index (χ2v) is 7.07. The maximum atomic E-state index is 11.6. The van der Waals surface area contributed by atoms with Crippen LogP contribution in [-0.2, 0) is 9.84 Å². The van der Waals surface area contributed by atoms with Crippen molar-refractivity contribution < 1.29 is 8.42 Å². The fourth-order valence-corrected chi connectivity index (χ4v) is 4.22. The monoisotopic (exact) mass is 268 g/mol. The van der Waals surface area contributed by atoms with Crippen LogP contribution in [0.3, 0.4) is 0 Å². The molecule has 0 aromatic heterocycles. The van der Waals surface area contributed by atoms with Crippen LogP contribution < -0.4 is 10.6 Å². The lowest BCUT2D eigenvalue weighted by molar-refractivity contribution is 0.598. The molecule has 0 aliphatic carbocycles. The number of hydrogen-bond donors (Lipinski definition) is 1. The molecule has 1 aromatic rings. The zero-order chi connectivity index (χ0) is 13.2. The van der Waals surface area contributed by atoms with Gasteiger partial charge in [-0.15, -0.1) is 0 Å². The molecular weight excluding hydrogens is 248 g/mol. The Balaban J connectivity index is 2.24. The maximum Gasteiger partial charge on any atom is 0.152 e. The van der Waals surface area contributed by atoms with E-state index in [-0.39, 0.29) is 11.8 Å². The summed E-state index contributed by atoms with van der Waals surface area (Å²) in [5.41, 5.74) is 7.54. The average Bonchev–Trinajstić information content (AvgIpc) is 2.66. The van der Waals surface area contributed by atoms with E-state index in [1.807, 2.05) is 24.3 Å². The molecule has 1 unspecified atom stereocenters. The van der Waals surface area contributed by atoms with Gasteiger partial charge in [0.2, 0.25) is 0 Å². The van der Waals surface area contributed by atoms with Crippen LogP contribution in [0.2, 0.25) is 0 Å². The molecule has 0 spiro atoms. The van der Waals surface area contributed by atoms with Gasteiger partial charge in [0.25, 0.3) is 0 Å². The Hall–Kier alpha value is -1.23. The summed E-state index contributed by atoms with van der Waals surface area (Å²) in [5.74, 6) is 0.571. The fraction of sp³-hybridized carbons (Fsp3) is 0.538. The Labute approximate surface area is 109 Å². The summed E-state index contributed by atoms with van der Waals surface area (Å²) in [6.45, 7) is 2.96. The molecule has 5 heteroatoms. The summed E-state index contributed by atoms with van der Waals surface area (Å²) in [5, 5.41) is 0. The van der Waals surface area contributed by atoms with Crippen LogP contribution in [0.15, 0.2) is 24.3 Å². The number of nitrogens with zero attached hydrogens (tertiary/aromatic N) is 1. The van der Waals surface area contributed by atoms with Gasteiger partial charge in [-0.2, -0.15) is 0 Å². The second kappa shape index (κ2) is 5.18. The number of nitrogens with two attached hydrogens (primary N) is 1. The van der Waals surface area contributed by atoms with Crippen molar-refractivity contribution in [2.45, 2.75) is 25.8 Å². The summed E-state index contributed by atoms with van der Waals surface area (Å²) in [6, 6.07) is 7.77. The summed E-state index contributed by atoms with van der Waals surface area (Å²) in [7, 11) is -2.85. The van der Waals surface area contributed by atoms with Crippen LogP contribution in [0.5, 0.6) is 0 Å². The first kappa shape index (κ1) is 13.2. The molecule has 1 heterocycles. The predicted octanol–water partition coefficient (Wildman–Crippen LogP) is 1.67. The van der Waals surface area contributed by atoms with Crippen molar-refractivity contribution in [1.29, 1.82) is 0 Å². The normalized spacial score (nSPS) is 21.9. The molecule has 1 aliphatic heterocycles. The minimum atomic E-state index is -2.85. The van der Waals surface area contributed by atoms with Gasteiger partial charge in [-0.3, -0.25) is 0 Å². The molecule has 0 saturated carbocycles. The minimum absolute atomic E-state index is 0.0942. The van der Waals surface area contributed by atoms with Crippen molar-refractivity contribution in [2.75, 3.05) is 28.7 Å². The van der Waals surface area contributed by atoms with Crippen molar-refractivity contribution in [2.24, 2.45) is 0 Å². The molecular formula is C13H20N2O2S. The van der Waals surface area contributed by atoms with Crippen LogP contribution in [0.4, 0.5) is 11.4 Å². The van der Waals surface area contributed by atoms with Gasteiger partial charge >= 0.3 is 0 Å². The van der Waals surface area contributed by atoms with Gasteiger partial charge in [-0.1, -0.05) is 13.0 Å². The summed E-state index contributed by atoms with van der Waals surface area (Å²) in [6.07, 6.45) is 1.71. The van der Waals surface area contributed by atoms with Gasteiger partial charge in [-0.25, -0.2) is 8.42 Å². The van der Waals surface area contributed by atoms with Crippen LogP contribution in [0.25, 0.3) is 0 Å². The van der Waals surface area contributed by atoms with Crippen molar-refractivity contribution in [3.63, 3.8) is 0 Å². The first-order chi connectivity index (χ1) is 8.52. The van der Waals surface area contributed by atoms with Gasteiger partial charge in [0.15, 0.2) is 9.84 Å². The van der Waals surface area contributed by atoms with Crippen molar-refractivity contribution in [1.82, 2.24) is 0 Å². The molecule has 1 atom stereocenters. The van der Waals surface area contributed by atoms with Gasteiger partial charge in [0.1, 0.15) is 0 Å². The summed E-state index contributed by atoms with van der Waals surface area (Å²) >= 11 is 0. The molecule has 0 bridgehead atoms. The van der Waals surface area contributed by atoms with E-state index in [2.05, 4.69) is 11.8 Å². The highest BCUT2D eigenvalue weighted by Gasteiger charge is 2.32. The fourth-order valence-electron chi connectivity index (χ4n) is 2.49. The topological polar surface area (TPSA) is 63.4 Å². The molecule has 1 aromatic carbocycles. The quantitative estimate of drug-likeness (QED) is 0.844. The lowest BCUT2D eigenvalue weighted by atomic mass is 10.1. The number of rotatable bonds is 4. The number of sulfone groups is 1. The zero-order valence-corrected chi connectivity index (χ0v) is 11.5. The molecule has 100 valence electrons. The smallest absolute Gasteiger partial charge is 0.152 e. The number of anilines is 2. The molecule has 18 heavy (non-hydrogen) atoms. The van der Waals surface area contributed by atoms with Crippen molar-refractivity contribution >= 4 is 21.2 Å². The van der Waals surface area contributed by atoms with Crippen LogP contribution >= 0.6 is 0 Å². The van der Waals surface area contributed by atoms with E-state index in [4.69, 9.17) is 5.73 Å². The second-order valence-electron chi connectivity index (χ2n) is 4.85.